The van der Waals surface area contributed by atoms with Crippen LogP contribution in [0.2, 0.25) is 0 Å². The Morgan fingerprint density at radius 3 is 2.88 bits per heavy atom. The normalized spacial score (nSPS) is 16.4. The Balaban J connectivity index is 1.87. The first kappa shape index (κ1) is 10.1. The molecule has 1 aromatic heterocycles. The van der Waals surface area contributed by atoms with E-state index in [1.165, 1.54) is 5.56 Å². The van der Waals surface area contributed by atoms with Crippen LogP contribution in [0.25, 0.3) is 6.08 Å². The van der Waals surface area contributed by atoms with Crippen molar-refractivity contribution in [2.75, 3.05) is 0 Å². The van der Waals surface area contributed by atoms with Gasteiger partial charge in [0.2, 0.25) is 0 Å². The number of aryl methyl sites for hydroxylation is 1. The zero-order valence-corrected chi connectivity index (χ0v) is 9.47. The second-order valence-electron chi connectivity index (χ2n) is 4.11. The summed E-state index contributed by atoms with van der Waals surface area (Å²) in [5, 5.41) is 0. The van der Waals surface area contributed by atoms with Crippen LogP contribution in [0, 0.1) is 0 Å². The first-order valence-electron chi connectivity index (χ1n) is 5.78. The molecule has 0 fully saturated rings. The number of allylic oxidation sites excluding steroid dienone is 1. The highest BCUT2D eigenvalue weighted by atomic mass is 16.5. The monoisotopic (exact) mass is 223 g/mol. The van der Waals surface area contributed by atoms with Gasteiger partial charge in [0.1, 0.15) is 11.5 Å². The van der Waals surface area contributed by atoms with Gasteiger partial charge in [0, 0.05) is 18.8 Å². The lowest BCUT2D eigenvalue weighted by atomic mass is 10.0. The van der Waals surface area contributed by atoms with Crippen molar-refractivity contribution in [1.29, 1.82) is 0 Å². The van der Waals surface area contributed by atoms with E-state index >= 15 is 0 Å². The van der Waals surface area contributed by atoms with Crippen molar-refractivity contribution in [2.24, 2.45) is 0 Å². The van der Waals surface area contributed by atoms with E-state index < -0.39 is 0 Å². The molecule has 0 amide bonds. The maximum atomic E-state index is 5.87. The largest absolute Gasteiger partial charge is 0.461 e. The van der Waals surface area contributed by atoms with Gasteiger partial charge in [-0.1, -0.05) is 24.3 Å². The van der Waals surface area contributed by atoms with Gasteiger partial charge >= 0.3 is 0 Å². The maximum Gasteiger partial charge on any atom is 0.130 e. The minimum atomic E-state index is 0.950. The van der Waals surface area contributed by atoms with Crippen LogP contribution in [0.4, 0.5) is 0 Å². The Morgan fingerprint density at radius 2 is 2.00 bits per heavy atom. The van der Waals surface area contributed by atoms with Gasteiger partial charge < -0.3 is 4.74 Å². The van der Waals surface area contributed by atoms with Gasteiger partial charge in [-0.05, 0) is 35.8 Å². The maximum absolute atomic E-state index is 5.87. The van der Waals surface area contributed by atoms with Crippen molar-refractivity contribution in [3.63, 3.8) is 0 Å². The molecule has 1 aliphatic rings. The summed E-state index contributed by atoms with van der Waals surface area (Å²) >= 11 is 0. The quantitative estimate of drug-likeness (QED) is 0.738. The molecule has 0 N–H and O–H groups in total. The van der Waals surface area contributed by atoms with E-state index in [9.17, 15) is 0 Å². The molecule has 2 nitrogen and oxygen atoms in total. The number of para-hydroxylation sites is 1. The molecule has 0 spiro atoms. The Hall–Kier alpha value is -2.09. The van der Waals surface area contributed by atoms with Gasteiger partial charge in [-0.25, -0.2) is 0 Å². The minimum Gasteiger partial charge on any atom is -0.461 e. The van der Waals surface area contributed by atoms with Crippen LogP contribution in [-0.2, 0) is 6.42 Å². The molecule has 1 aromatic carbocycles. The number of hydrogen-bond acceptors (Lipinski definition) is 2. The van der Waals surface area contributed by atoms with Crippen molar-refractivity contribution >= 4 is 6.08 Å². The molecule has 0 saturated carbocycles. The predicted molar refractivity (Wildman–Crippen MR) is 67.6 cm³/mol. The van der Waals surface area contributed by atoms with Gasteiger partial charge in [0.05, 0.1) is 0 Å². The summed E-state index contributed by atoms with van der Waals surface area (Å²) in [6.45, 7) is 0. The SMILES string of the molecule is C(=C1/CCc2ccccc2O1)/c1cccnc1. The Morgan fingerprint density at radius 1 is 1.06 bits per heavy atom. The van der Waals surface area contributed by atoms with Gasteiger partial charge in [-0.3, -0.25) is 4.98 Å². The zero-order valence-electron chi connectivity index (χ0n) is 9.47. The highest BCUT2D eigenvalue weighted by Gasteiger charge is 2.13. The number of hydrogen-bond donors (Lipinski definition) is 0. The molecule has 0 saturated heterocycles. The molecule has 2 heterocycles. The smallest absolute Gasteiger partial charge is 0.130 e. The number of fused-ring (bicyclic) bond motifs is 1. The number of nitrogens with zero attached hydrogens (tertiary/aromatic N) is 1. The summed E-state index contributed by atoms with van der Waals surface area (Å²) in [5.41, 5.74) is 2.37. The lowest BCUT2D eigenvalue weighted by molar-refractivity contribution is 0.383. The summed E-state index contributed by atoms with van der Waals surface area (Å²) in [4.78, 5) is 4.09. The van der Waals surface area contributed by atoms with Crippen LogP contribution < -0.4 is 4.74 Å². The van der Waals surface area contributed by atoms with E-state index in [1.54, 1.807) is 6.20 Å². The highest BCUT2D eigenvalue weighted by Crippen LogP contribution is 2.29. The summed E-state index contributed by atoms with van der Waals surface area (Å²) in [6, 6.07) is 12.2. The second-order valence-corrected chi connectivity index (χ2v) is 4.11. The molecule has 0 aliphatic carbocycles. The fraction of sp³-hybridized carbons (Fsp3) is 0.133. The first-order chi connectivity index (χ1) is 8.42. The van der Waals surface area contributed by atoms with Crippen LogP contribution in [0.5, 0.6) is 5.75 Å². The van der Waals surface area contributed by atoms with Gasteiger partial charge in [-0.15, -0.1) is 0 Å². The highest BCUT2D eigenvalue weighted by molar-refractivity contribution is 5.52. The van der Waals surface area contributed by atoms with Gasteiger partial charge in [0.25, 0.3) is 0 Å². The fourth-order valence-electron chi connectivity index (χ4n) is 2.01. The van der Waals surface area contributed by atoms with E-state index in [-0.39, 0.29) is 0 Å². The first-order valence-corrected chi connectivity index (χ1v) is 5.78. The molecule has 0 radical (unpaired) electrons. The molecule has 2 aromatic rings. The molecule has 2 heteroatoms. The number of ether oxygens (including phenoxy) is 1. The second kappa shape index (κ2) is 4.42. The molecule has 3 rings (SSSR count). The third kappa shape index (κ3) is 2.21. The van der Waals surface area contributed by atoms with Crippen LogP contribution in [0.1, 0.15) is 17.5 Å². The Kier molecular flexibility index (Phi) is 2.62. The third-order valence-electron chi connectivity index (χ3n) is 2.87. The van der Waals surface area contributed by atoms with E-state index in [0.717, 1.165) is 29.9 Å². The average molecular weight is 223 g/mol. The molecule has 84 valence electrons. The molecule has 1 aliphatic heterocycles. The molecule has 0 atom stereocenters. The number of aromatic nitrogens is 1. The lowest BCUT2D eigenvalue weighted by Gasteiger charge is -2.19. The molecule has 17 heavy (non-hydrogen) atoms. The molecule has 0 unspecified atom stereocenters. The van der Waals surface area contributed by atoms with Gasteiger partial charge in [-0.2, -0.15) is 0 Å². The topological polar surface area (TPSA) is 22.1 Å². The van der Waals surface area contributed by atoms with Crippen LogP contribution in [0.15, 0.2) is 54.6 Å². The van der Waals surface area contributed by atoms with Crippen molar-refractivity contribution in [3.05, 3.63) is 65.7 Å². The van der Waals surface area contributed by atoms with Crippen molar-refractivity contribution < 1.29 is 4.74 Å². The summed E-state index contributed by atoms with van der Waals surface area (Å²) in [5.74, 6) is 1.99. The fourth-order valence-corrected chi connectivity index (χ4v) is 2.01. The summed E-state index contributed by atoms with van der Waals surface area (Å²) in [6.07, 6.45) is 7.67. The average Bonchev–Trinajstić information content (AvgIpc) is 2.40. The summed E-state index contributed by atoms with van der Waals surface area (Å²) < 4.78 is 5.87. The third-order valence-corrected chi connectivity index (χ3v) is 2.87. The molecular formula is C15H13NO. The van der Waals surface area contributed by atoms with Crippen molar-refractivity contribution in [3.8, 4) is 5.75 Å². The number of benzene rings is 1. The van der Waals surface area contributed by atoms with E-state index in [1.807, 2.05) is 30.5 Å². The minimum absolute atomic E-state index is 0.950. The Bertz CT molecular complexity index is 546. The molecular weight excluding hydrogens is 210 g/mol. The Labute approximate surface area is 101 Å². The van der Waals surface area contributed by atoms with E-state index in [4.69, 9.17) is 4.74 Å². The van der Waals surface area contributed by atoms with E-state index in [0.29, 0.717) is 0 Å². The summed E-state index contributed by atoms with van der Waals surface area (Å²) in [7, 11) is 0. The van der Waals surface area contributed by atoms with E-state index in [2.05, 4.69) is 23.2 Å². The lowest BCUT2D eigenvalue weighted by Crippen LogP contribution is -2.06. The van der Waals surface area contributed by atoms with Crippen molar-refractivity contribution in [1.82, 2.24) is 4.98 Å². The standard InChI is InChI=1S/C15H13NO/c1-2-6-15-13(5-1)7-8-14(17-15)10-12-4-3-9-16-11-12/h1-6,9-11H,7-8H2/b14-10+. The van der Waals surface area contributed by atoms with Crippen LogP contribution in [-0.4, -0.2) is 4.98 Å². The van der Waals surface area contributed by atoms with Crippen molar-refractivity contribution in [2.45, 2.75) is 12.8 Å². The number of rotatable bonds is 1. The van der Waals surface area contributed by atoms with Crippen LogP contribution >= 0.6 is 0 Å². The van der Waals surface area contributed by atoms with Crippen LogP contribution in [0.3, 0.4) is 0 Å². The van der Waals surface area contributed by atoms with Gasteiger partial charge in [0.15, 0.2) is 0 Å². The zero-order chi connectivity index (χ0) is 11.5. The molecule has 0 bridgehead atoms. The number of pyridine rings is 1. The predicted octanol–water partition coefficient (Wildman–Crippen LogP) is 3.45.